The van der Waals surface area contributed by atoms with Crippen LogP contribution in [0.4, 0.5) is 16.4 Å². The summed E-state index contributed by atoms with van der Waals surface area (Å²) in [5, 5.41) is 6.40. The van der Waals surface area contributed by atoms with Crippen molar-refractivity contribution in [2.75, 3.05) is 28.7 Å². The van der Waals surface area contributed by atoms with Crippen LogP contribution < -0.4 is 15.4 Å². The van der Waals surface area contributed by atoms with Gasteiger partial charge in [0.2, 0.25) is 10.0 Å². The molecule has 1 amide bonds. The zero-order valence-electron chi connectivity index (χ0n) is 12.3. The minimum absolute atomic E-state index is 0.264. The number of aromatic nitrogens is 1. The average molecular weight is 340 g/mol. The van der Waals surface area contributed by atoms with Gasteiger partial charge in [-0.15, -0.1) is 0 Å². The molecule has 0 saturated carbocycles. The first-order valence-corrected chi connectivity index (χ1v) is 9.00. The van der Waals surface area contributed by atoms with Crippen molar-refractivity contribution >= 4 is 43.8 Å². The smallest absolute Gasteiger partial charge is 0.260 e. The van der Waals surface area contributed by atoms with Gasteiger partial charge in [0, 0.05) is 18.4 Å². The predicted octanol–water partition coefficient (Wildman–Crippen LogP) is 2.12. The molecule has 0 aliphatic heterocycles. The summed E-state index contributed by atoms with van der Waals surface area (Å²) in [4.78, 5) is 12.3. The highest BCUT2D eigenvalue weighted by Gasteiger charge is 2.17. The van der Waals surface area contributed by atoms with Crippen molar-refractivity contribution in [2.45, 2.75) is 6.92 Å². The molecule has 0 spiro atoms. The number of amides is 1. The van der Waals surface area contributed by atoms with Gasteiger partial charge in [-0.05, 0) is 42.7 Å². The second-order valence-electron chi connectivity index (χ2n) is 4.63. The Hall–Kier alpha value is -2.13. The highest BCUT2D eigenvalue weighted by molar-refractivity contribution is 7.92. The molecule has 0 aliphatic carbocycles. The molecule has 0 atom stereocenters. The number of benzene rings is 1. The highest BCUT2D eigenvalue weighted by Crippen LogP contribution is 2.25. The van der Waals surface area contributed by atoms with E-state index in [2.05, 4.69) is 19.7 Å². The lowest BCUT2D eigenvalue weighted by Crippen LogP contribution is -2.14. The van der Waals surface area contributed by atoms with Gasteiger partial charge in [-0.3, -0.25) is 9.52 Å². The number of nitrogens with one attached hydrogen (secondary N) is 3. The molecule has 118 valence electrons. The highest BCUT2D eigenvalue weighted by atomic mass is 32.2. The van der Waals surface area contributed by atoms with Gasteiger partial charge >= 0.3 is 0 Å². The zero-order chi connectivity index (χ0) is 16.3. The number of nitrogens with zero attached hydrogens (tertiary/aromatic N) is 1. The first kappa shape index (κ1) is 16.2. The lowest BCUT2D eigenvalue weighted by atomic mass is 10.2. The number of carbonyl (C=O) groups excluding carboxylic acids is 1. The largest absolute Gasteiger partial charge is 0.378 e. The van der Waals surface area contributed by atoms with Crippen molar-refractivity contribution in [1.82, 2.24) is 4.37 Å². The summed E-state index contributed by atoms with van der Waals surface area (Å²) in [5.74, 6) is -0.264. The third kappa shape index (κ3) is 3.95. The Balaban J connectivity index is 2.14. The van der Waals surface area contributed by atoms with Crippen molar-refractivity contribution in [2.24, 2.45) is 0 Å². The Bertz CT molecular complexity index is 782. The van der Waals surface area contributed by atoms with Crippen molar-refractivity contribution < 1.29 is 13.2 Å². The molecular formula is C13H16N4O3S2. The molecule has 0 aliphatic rings. The first-order valence-electron chi connectivity index (χ1n) is 6.33. The van der Waals surface area contributed by atoms with Crippen LogP contribution in [0.2, 0.25) is 0 Å². The molecule has 2 aromatic rings. The van der Waals surface area contributed by atoms with Crippen LogP contribution in [0.3, 0.4) is 0 Å². The Morgan fingerprint density at radius 2 is 1.77 bits per heavy atom. The molecule has 7 nitrogen and oxygen atoms in total. The fraction of sp³-hybridized carbons (Fsp3) is 0.231. The van der Waals surface area contributed by atoms with E-state index in [4.69, 9.17) is 0 Å². The summed E-state index contributed by atoms with van der Waals surface area (Å²) in [6.07, 6.45) is 1.08. The summed E-state index contributed by atoms with van der Waals surface area (Å²) in [6.45, 7) is 1.77. The van der Waals surface area contributed by atoms with E-state index in [1.165, 1.54) is 11.5 Å². The van der Waals surface area contributed by atoms with Crippen LogP contribution in [0.25, 0.3) is 0 Å². The average Bonchev–Trinajstić information content (AvgIpc) is 2.80. The maximum absolute atomic E-state index is 12.3. The van der Waals surface area contributed by atoms with Crippen molar-refractivity contribution in [3.63, 3.8) is 0 Å². The van der Waals surface area contributed by atoms with Crippen LogP contribution in [0, 0.1) is 6.92 Å². The Labute approximate surface area is 133 Å². The van der Waals surface area contributed by atoms with Gasteiger partial charge in [0.1, 0.15) is 5.00 Å². The molecule has 9 heteroatoms. The summed E-state index contributed by atoms with van der Waals surface area (Å²) in [6, 6.07) is 6.40. The third-order valence-corrected chi connectivity index (χ3v) is 4.33. The van der Waals surface area contributed by atoms with Crippen LogP contribution in [-0.4, -0.2) is 32.0 Å². The number of sulfonamides is 1. The van der Waals surface area contributed by atoms with Crippen LogP contribution >= 0.6 is 11.5 Å². The lowest BCUT2D eigenvalue weighted by molar-refractivity contribution is 0.102. The molecule has 0 radical (unpaired) electrons. The molecule has 1 aromatic carbocycles. The van der Waals surface area contributed by atoms with E-state index in [1.54, 1.807) is 38.2 Å². The van der Waals surface area contributed by atoms with Crippen LogP contribution in [0.1, 0.15) is 16.1 Å². The molecule has 1 heterocycles. The summed E-state index contributed by atoms with van der Waals surface area (Å²) < 4.78 is 28.8. The van der Waals surface area contributed by atoms with E-state index >= 15 is 0 Å². The fourth-order valence-electron chi connectivity index (χ4n) is 1.84. The van der Waals surface area contributed by atoms with E-state index in [-0.39, 0.29) is 5.91 Å². The minimum Gasteiger partial charge on any atom is -0.378 e. The van der Waals surface area contributed by atoms with E-state index in [1.807, 2.05) is 0 Å². The van der Waals surface area contributed by atoms with Gasteiger partial charge in [-0.2, -0.15) is 4.37 Å². The van der Waals surface area contributed by atoms with Crippen molar-refractivity contribution in [1.29, 1.82) is 0 Å². The molecule has 2 rings (SSSR count). The standard InChI is InChI=1S/C13H16N4O3S2/c1-8-11(13(14-2)21-16-8)12(18)15-9-4-6-10(7-5-9)17-22(3,19)20/h4-7,14,17H,1-3H3,(H,15,18). The number of rotatable bonds is 5. The molecule has 22 heavy (non-hydrogen) atoms. The third-order valence-electron chi connectivity index (χ3n) is 2.76. The summed E-state index contributed by atoms with van der Waals surface area (Å²) in [5.41, 5.74) is 2.16. The molecule has 0 saturated heterocycles. The van der Waals surface area contributed by atoms with Gasteiger partial charge in [0.05, 0.1) is 17.5 Å². The maximum Gasteiger partial charge on any atom is 0.260 e. The number of carbonyl (C=O) groups is 1. The predicted molar refractivity (Wildman–Crippen MR) is 89.3 cm³/mol. The number of hydrogen-bond acceptors (Lipinski definition) is 6. The van der Waals surface area contributed by atoms with Crippen LogP contribution in [0.15, 0.2) is 24.3 Å². The minimum atomic E-state index is -3.32. The lowest BCUT2D eigenvalue weighted by Gasteiger charge is -2.08. The summed E-state index contributed by atoms with van der Waals surface area (Å²) in [7, 11) is -1.58. The van der Waals surface area contributed by atoms with Gasteiger partial charge in [-0.1, -0.05) is 0 Å². The van der Waals surface area contributed by atoms with E-state index in [0.29, 0.717) is 27.6 Å². The van der Waals surface area contributed by atoms with Gasteiger partial charge in [-0.25, -0.2) is 8.42 Å². The van der Waals surface area contributed by atoms with Gasteiger partial charge < -0.3 is 10.6 Å². The van der Waals surface area contributed by atoms with E-state index in [0.717, 1.165) is 6.26 Å². The molecule has 3 N–H and O–H groups in total. The molecule has 0 bridgehead atoms. The Morgan fingerprint density at radius 3 is 2.32 bits per heavy atom. The topological polar surface area (TPSA) is 100 Å². The molecule has 1 aromatic heterocycles. The Morgan fingerprint density at radius 1 is 1.18 bits per heavy atom. The fourth-order valence-corrected chi connectivity index (χ4v) is 3.14. The van der Waals surface area contributed by atoms with Crippen molar-refractivity contribution in [3.05, 3.63) is 35.5 Å². The van der Waals surface area contributed by atoms with Gasteiger partial charge in [0.25, 0.3) is 5.91 Å². The maximum atomic E-state index is 12.3. The molecule has 0 unspecified atom stereocenters. The molecular weight excluding hydrogens is 324 g/mol. The van der Waals surface area contributed by atoms with Gasteiger partial charge in [0.15, 0.2) is 0 Å². The normalized spacial score (nSPS) is 11.0. The van der Waals surface area contributed by atoms with Crippen molar-refractivity contribution in [3.8, 4) is 0 Å². The second-order valence-corrected chi connectivity index (χ2v) is 7.15. The van der Waals surface area contributed by atoms with Crippen LogP contribution in [-0.2, 0) is 10.0 Å². The zero-order valence-corrected chi connectivity index (χ0v) is 13.9. The molecule has 0 fully saturated rings. The summed E-state index contributed by atoms with van der Waals surface area (Å²) >= 11 is 1.23. The monoisotopic (exact) mass is 340 g/mol. The SMILES string of the molecule is CNc1snc(C)c1C(=O)Nc1ccc(NS(C)(=O)=O)cc1. The van der Waals surface area contributed by atoms with Crippen LogP contribution in [0.5, 0.6) is 0 Å². The van der Waals surface area contributed by atoms with E-state index in [9.17, 15) is 13.2 Å². The first-order chi connectivity index (χ1) is 10.3. The number of hydrogen-bond donors (Lipinski definition) is 3. The van der Waals surface area contributed by atoms with E-state index < -0.39 is 10.0 Å². The number of anilines is 3. The number of aryl methyl sites for hydroxylation is 1. The Kier molecular flexibility index (Phi) is 4.67. The quantitative estimate of drug-likeness (QED) is 0.774. The second kappa shape index (κ2) is 6.32.